The van der Waals surface area contributed by atoms with E-state index in [4.69, 9.17) is 16.3 Å². The van der Waals surface area contributed by atoms with Crippen molar-refractivity contribution in [2.45, 2.75) is 6.54 Å². The van der Waals surface area contributed by atoms with Crippen molar-refractivity contribution in [3.8, 4) is 5.75 Å². The zero-order valence-corrected chi connectivity index (χ0v) is 14.2. The summed E-state index contributed by atoms with van der Waals surface area (Å²) in [5.74, 6) is 1.50. The first kappa shape index (κ1) is 15.5. The normalized spacial score (nSPS) is 11.6. The molecule has 0 radical (unpaired) electrons. The predicted molar refractivity (Wildman–Crippen MR) is 97.6 cm³/mol. The zero-order chi connectivity index (χ0) is 17.2. The number of halogens is 1. The lowest BCUT2D eigenvalue weighted by Gasteiger charge is -2.08. The smallest absolute Gasteiger partial charge is 0.129 e. The highest BCUT2D eigenvalue weighted by atomic mass is 35.5. The maximum Gasteiger partial charge on any atom is 0.129 e. The number of ether oxygens (including phenoxy) is 1. The fraction of sp³-hybridized carbons (Fsp3) is 0.111. The van der Waals surface area contributed by atoms with Gasteiger partial charge in [-0.3, -0.25) is 0 Å². The number of pyridine rings is 1. The van der Waals surface area contributed by atoms with E-state index in [-0.39, 0.29) is 0 Å². The van der Waals surface area contributed by atoms with Gasteiger partial charge in [0, 0.05) is 28.2 Å². The van der Waals surface area contributed by atoms with Crippen molar-refractivity contribution in [2.24, 2.45) is 10.2 Å². The second-order valence-corrected chi connectivity index (χ2v) is 5.88. The van der Waals surface area contributed by atoms with Gasteiger partial charge < -0.3 is 9.72 Å². The third-order valence-electron chi connectivity index (χ3n) is 3.86. The van der Waals surface area contributed by atoms with Crippen LogP contribution in [0.1, 0.15) is 5.82 Å². The number of rotatable bonds is 4. The van der Waals surface area contributed by atoms with Crippen LogP contribution in [0.5, 0.6) is 5.75 Å². The highest BCUT2D eigenvalue weighted by molar-refractivity contribution is 6.31. The summed E-state index contributed by atoms with van der Waals surface area (Å²) in [6, 6.07) is 11.2. The van der Waals surface area contributed by atoms with Crippen molar-refractivity contribution < 1.29 is 4.74 Å². The lowest BCUT2D eigenvalue weighted by atomic mass is 10.1. The molecule has 6 nitrogen and oxygen atoms in total. The topological polar surface area (TPSA) is 75.5 Å². The molecule has 0 unspecified atom stereocenters. The Balaban J connectivity index is 1.90. The third-order valence-corrected chi connectivity index (χ3v) is 4.10. The number of nitrogens with zero attached hydrogens (tertiary/aromatic N) is 4. The number of imidazole rings is 1. The van der Waals surface area contributed by atoms with Crippen LogP contribution in [0.25, 0.3) is 21.8 Å². The molecule has 1 N–H and O–H groups in total. The van der Waals surface area contributed by atoms with Gasteiger partial charge in [0.1, 0.15) is 23.8 Å². The van der Waals surface area contributed by atoms with Crippen LogP contribution in [0.15, 0.2) is 59.0 Å². The molecule has 2 aromatic carbocycles. The summed E-state index contributed by atoms with van der Waals surface area (Å²) in [4.78, 5) is 11.8. The minimum absolute atomic E-state index is 0.371. The molecule has 0 saturated heterocycles. The van der Waals surface area contributed by atoms with E-state index in [0.29, 0.717) is 11.6 Å². The van der Waals surface area contributed by atoms with Gasteiger partial charge in [0.25, 0.3) is 0 Å². The molecule has 2 heterocycles. The first-order valence-corrected chi connectivity index (χ1v) is 8.05. The number of fused-ring (bicyclic) bond motifs is 2. The van der Waals surface area contributed by atoms with Gasteiger partial charge in [-0.25, -0.2) is 9.97 Å². The lowest BCUT2D eigenvalue weighted by molar-refractivity contribution is 0.415. The first-order chi connectivity index (χ1) is 12.2. The van der Waals surface area contributed by atoms with Gasteiger partial charge in [0.2, 0.25) is 0 Å². The number of hydrogen-bond acceptors (Lipinski definition) is 5. The Kier molecular flexibility index (Phi) is 4.03. The van der Waals surface area contributed by atoms with Gasteiger partial charge in [-0.2, -0.15) is 10.2 Å². The molecule has 2 aromatic heterocycles. The Morgan fingerprint density at radius 2 is 2.04 bits per heavy atom. The SMILES string of the molecule is COc1ccc2nc3cc(Cl)ccc3c(N=NCc3ncc[nH]3)c2c1. The van der Waals surface area contributed by atoms with Crippen LogP contribution in [0, 0.1) is 0 Å². The van der Waals surface area contributed by atoms with Gasteiger partial charge in [0.15, 0.2) is 0 Å². The van der Waals surface area contributed by atoms with E-state index >= 15 is 0 Å². The lowest BCUT2D eigenvalue weighted by Crippen LogP contribution is -1.88. The molecule has 124 valence electrons. The summed E-state index contributed by atoms with van der Waals surface area (Å²) in [6.45, 7) is 0.371. The van der Waals surface area contributed by atoms with E-state index in [9.17, 15) is 0 Å². The quantitative estimate of drug-likeness (QED) is 0.412. The van der Waals surface area contributed by atoms with Crippen molar-refractivity contribution in [3.05, 3.63) is 59.6 Å². The molecule has 0 atom stereocenters. The Bertz CT molecular complexity index is 1080. The van der Waals surface area contributed by atoms with E-state index in [2.05, 4.69) is 25.2 Å². The Labute approximate surface area is 148 Å². The summed E-state index contributed by atoms with van der Waals surface area (Å²) in [7, 11) is 1.63. The van der Waals surface area contributed by atoms with Crippen molar-refractivity contribution >= 4 is 39.1 Å². The van der Waals surface area contributed by atoms with Crippen molar-refractivity contribution in [2.75, 3.05) is 7.11 Å². The molecule has 0 aliphatic rings. The fourth-order valence-corrected chi connectivity index (χ4v) is 2.83. The molecule has 4 aromatic rings. The number of benzene rings is 2. The van der Waals surface area contributed by atoms with E-state index in [0.717, 1.165) is 39.1 Å². The number of hydrogen-bond donors (Lipinski definition) is 1. The monoisotopic (exact) mass is 351 g/mol. The molecule has 0 bridgehead atoms. The molecule has 7 heteroatoms. The number of nitrogens with one attached hydrogen (secondary N) is 1. The molecule has 4 rings (SSSR count). The van der Waals surface area contributed by atoms with Crippen LogP contribution in [-0.4, -0.2) is 22.1 Å². The maximum absolute atomic E-state index is 6.12. The molecule has 0 amide bonds. The van der Waals surface area contributed by atoms with Crippen LogP contribution in [0.4, 0.5) is 5.69 Å². The van der Waals surface area contributed by atoms with Crippen molar-refractivity contribution in [1.82, 2.24) is 15.0 Å². The highest BCUT2D eigenvalue weighted by Gasteiger charge is 2.10. The maximum atomic E-state index is 6.12. The third kappa shape index (κ3) is 3.04. The summed E-state index contributed by atoms with van der Waals surface area (Å²) >= 11 is 6.12. The minimum Gasteiger partial charge on any atom is -0.497 e. The van der Waals surface area contributed by atoms with Gasteiger partial charge >= 0.3 is 0 Å². The first-order valence-electron chi connectivity index (χ1n) is 7.67. The summed E-state index contributed by atoms with van der Waals surface area (Å²) in [5.41, 5.74) is 2.32. The molecule has 0 fully saturated rings. The van der Waals surface area contributed by atoms with Crippen molar-refractivity contribution in [3.63, 3.8) is 0 Å². The fourth-order valence-electron chi connectivity index (χ4n) is 2.67. The largest absolute Gasteiger partial charge is 0.497 e. The molecule has 0 saturated carbocycles. The Morgan fingerprint density at radius 1 is 1.12 bits per heavy atom. The molecular weight excluding hydrogens is 338 g/mol. The second kappa shape index (κ2) is 6.49. The van der Waals surface area contributed by atoms with Crippen LogP contribution < -0.4 is 4.74 Å². The summed E-state index contributed by atoms with van der Waals surface area (Å²) in [5, 5.41) is 11.1. The van der Waals surface area contributed by atoms with Gasteiger partial charge in [-0.1, -0.05) is 11.6 Å². The van der Waals surface area contributed by atoms with Crippen LogP contribution in [-0.2, 0) is 6.54 Å². The van der Waals surface area contributed by atoms with Crippen molar-refractivity contribution in [1.29, 1.82) is 0 Å². The number of aromatic nitrogens is 3. The zero-order valence-electron chi connectivity index (χ0n) is 13.4. The standard InChI is InChI=1S/C18H14ClN5O/c1-25-12-3-5-15-14(9-12)18(24-22-10-17-20-6-7-21-17)13-4-2-11(19)8-16(13)23-15/h2-9H,10H2,1H3,(H,20,21). The van der Waals surface area contributed by atoms with E-state index < -0.39 is 0 Å². The second-order valence-electron chi connectivity index (χ2n) is 5.44. The van der Waals surface area contributed by atoms with E-state index in [1.165, 1.54) is 0 Å². The number of methoxy groups -OCH3 is 1. The molecule has 0 aliphatic carbocycles. The Hall–Kier alpha value is -2.99. The van der Waals surface area contributed by atoms with E-state index in [1.807, 2.05) is 36.4 Å². The van der Waals surface area contributed by atoms with E-state index in [1.54, 1.807) is 19.5 Å². The van der Waals surface area contributed by atoms with Gasteiger partial charge in [0.05, 0.1) is 18.1 Å². The highest BCUT2D eigenvalue weighted by Crippen LogP contribution is 2.36. The summed E-state index contributed by atoms with van der Waals surface area (Å²) in [6.07, 6.45) is 3.45. The molecule has 0 spiro atoms. The number of aromatic amines is 1. The molecular formula is C18H14ClN5O. The number of azo groups is 1. The average molecular weight is 352 g/mol. The molecule has 25 heavy (non-hydrogen) atoms. The van der Waals surface area contributed by atoms with Gasteiger partial charge in [-0.05, 0) is 36.4 Å². The summed E-state index contributed by atoms with van der Waals surface area (Å²) < 4.78 is 5.34. The number of H-pyrrole nitrogens is 1. The van der Waals surface area contributed by atoms with Crippen LogP contribution in [0.3, 0.4) is 0 Å². The average Bonchev–Trinajstić information content (AvgIpc) is 3.14. The minimum atomic E-state index is 0.371. The van der Waals surface area contributed by atoms with Gasteiger partial charge in [-0.15, -0.1) is 0 Å². The Morgan fingerprint density at radius 3 is 2.84 bits per heavy atom. The predicted octanol–water partition coefficient (Wildman–Crippen LogP) is 5.06. The van der Waals surface area contributed by atoms with Crippen LogP contribution in [0.2, 0.25) is 5.02 Å². The molecule has 0 aliphatic heterocycles. The van der Waals surface area contributed by atoms with Crippen LogP contribution >= 0.6 is 11.6 Å².